The van der Waals surface area contributed by atoms with Gasteiger partial charge >= 0.3 is 11.8 Å². The second-order valence-corrected chi connectivity index (χ2v) is 6.48. The molecule has 0 aliphatic heterocycles. The fraction of sp³-hybridized carbons (Fsp3) is 0.267. The number of hydrogen-bond acceptors (Lipinski definition) is 5. The average molecular weight is 354 g/mol. The van der Waals surface area contributed by atoms with Crippen LogP contribution in [-0.4, -0.2) is 23.9 Å². The SMILES string of the molecule is COc1cc(Cl)c(C)cc1NC(=O)C(=O)Nc1nc(C)c(C)s1. The molecule has 0 aliphatic carbocycles. The Bertz CT molecular complexity index is 754. The highest BCUT2D eigenvalue weighted by atomic mass is 35.5. The largest absolute Gasteiger partial charge is 0.495 e. The van der Waals surface area contributed by atoms with Crippen LogP contribution < -0.4 is 15.4 Å². The Kier molecular flexibility index (Phi) is 5.23. The predicted molar refractivity (Wildman–Crippen MR) is 91.6 cm³/mol. The lowest BCUT2D eigenvalue weighted by atomic mass is 10.2. The summed E-state index contributed by atoms with van der Waals surface area (Å²) < 4.78 is 5.16. The molecule has 0 unspecified atom stereocenters. The number of nitrogens with one attached hydrogen (secondary N) is 2. The van der Waals surface area contributed by atoms with Gasteiger partial charge in [0, 0.05) is 16.0 Å². The number of rotatable bonds is 3. The highest BCUT2D eigenvalue weighted by molar-refractivity contribution is 7.15. The maximum atomic E-state index is 12.0. The summed E-state index contributed by atoms with van der Waals surface area (Å²) in [4.78, 5) is 29.1. The van der Waals surface area contributed by atoms with E-state index in [1.54, 1.807) is 19.1 Å². The zero-order valence-corrected chi connectivity index (χ0v) is 14.7. The number of amides is 2. The van der Waals surface area contributed by atoms with Crippen molar-refractivity contribution in [2.45, 2.75) is 20.8 Å². The molecule has 0 bridgehead atoms. The zero-order valence-electron chi connectivity index (χ0n) is 13.1. The third kappa shape index (κ3) is 4.00. The molecule has 6 nitrogen and oxygen atoms in total. The molecule has 1 aromatic carbocycles. The van der Waals surface area contributed by atoms with Crippen molar-refractivity contribution in [2.24, 2.45) is 0 Å². The number of aryl methyl sites for hydroxylation is 3. The number of carbonyl (C=O) groups is 2. The van der Waals surface area contributed by atoms with Crippen molar-refractivity contribution < 1.29 is 14.3 Å². The Morgan fingerprint density at radius 3 is 2.39 bits per heavy atom. The molecule has 2 amide bonds. The minimum absolute atomic E-state index is 0.376. The van der Waals surface area contributed by atoms with Crippen LogP contribution >= 0.6 is 22.9 Å². The van der Waals surface area contributed by atoms with E-state index >= 15 is 0 Å². The number of hydrogen-bond donors (Lipinski definition) is 2. The van der Waals surface area contributed by atoms with Crippen LogP contribution in [0.3, 0.4) is 0 Å². The molecule has 23 heavy (non-hydrogen) atoms. The fourth-order valence-corrected chi connectivity index (χ4v) is 2.75. The Labute approximate surface area is 142 Å². The Balaban J connectivity index is 2.12. The number of anilines is 2. The number of thiazole rings is 1. The van der Waals surface area contributed by atoms with Gasteiger partial charge < -0.3 is 10.1 Å². The first kappa shape index (κ1) is 17.2. The number of ether oxygens (including phenoxy) is 1. The number of methoxy groups -OCH3 is 1. The van der Waals surface area contributed by atoms with Crippen molar-refractivity contribution in [3.63, 3.8) is 0 Å². The summed E-state index contributed by atoms with van der Waals surface area (Å²) in [6, 6.07) is 3.22. The van der Waals surface area contributed by atoms with Gasteiger partial charge in [-0.05, 0) is 32.4 Å². The molecule has 8 heteroatoms. The summed E-state index contributed by atoms with van der Waals surface area (Å²) in [6.45, 7) is 5.52. The van der Waals surface area contributed by atoms with Crippen LogP contribution in [0.15, 0.2) is 12.1 Å². The van der Waals surface area contributed by atoms with E-state index in [-0.39, 0.29) is 0 Å². The molecule has 2 rings (SSSR count). The van der Waals surface area contributed by atoms with Crippen molar-refractivity contribution in [1.29, 1.82) is 0 Å². The monoisotopic (exact) mass is 353 g/mol. The van der Waals surface area contributed by atoms with Gasteiger partial charge in [0.2, 0.25) is 0 Å². The fourth-order valence-electron chi connectivity index (χ4n) is 1.79. The first-order valence-corrected chi connectivity index (χ1v) is 7.91. The Morgan fingerprint density at radius 2 is 1.83 bits per heavy atom. The molecule has 2 N–H and O–H groups in total. The van der Waals surface area contributed by atoms with E-state index in [2.05, 4.69) is 15.6 Å². The van der Waals surface area contributed by atoms with Gasteiger partial charge in [-0.1, -0.05) is 11.6 Å². The Hall–Kier alpha value is -2.12. The van der Waals surface area contributed by atoms with E-state index in [9.17, 15) is 9.59 Å². The van der Waals surface area contributed by atoms with Crippen LogP contribution in [0.4, 0.5) is 10.8 Å². The van der Waals surface area contributed by atoms with E-state index < -0.39 is 11.8 Å². The summed E-state index contributed by atoms with van der Waals surface area (Å²) in [5, 5.41) is 5.89. The standard InChI is InChI=1S/C15H16ClN3O3S/c1-7-5-11(12(22-4)6-10(7)16)18-13(20)14(21)19-15-17-8(2)9(3)23-15/h5-6H,1-4H3,(H,18,20)(H,17,19,21). The third-order valence-electron chi connectivity index (χ3n) is 3.18. The van der Waals surface area contributed by atoms with E-state index in [0.29, 0.717) is 21.6 Å². The number of aromatic nitrogens is 1. The summed E-state index contributed by atoms with van der Waals surface area (Å²) in [5.74, 6) is -1.23. The van der Waals surface area contributed by atoms with E-state index in [4.69, 9.17) is 16.3 Å². The van der Waals surface area contributed by atoms with Gasteiger partial charge in [0.05, 0.1) is 18.5 Å². The van der Waals surface area contributed by atoms with Crippen LogP contribution in [0, 0.1) is 20.8 Å². The molecule has 0 fully saturated rings. The lowest BCUT2D eigenvalue weighted by Crippen LogP contribution is -2.29. The maximum Gasteiger partial charge on any atom is 0.315 e. The van der Waals surface area contributed by atoms with Crippen LogP contribution in [0.2, 0.25) is 5.02 Å². The second-order valence-electron chi connectivity index (χ2n) is 4.87. The zero-order chi connectivity index (χ0) is 17.1. The van der Waals surface area contributed by atoms with Gasteiger partial charge in [-0.3, -0.25) is 14.9 Å². The van der Waals surface area contributed by atoms with Crippen LogP contribution in [-0.2, 0) is 9.59 Å². The molecule has 0 spiro atoms. The van der Waals surface area contributed by atoms with Gasteiger partial charge in [0.15, 0.2) is 5.13 Å². The second kappa shape index (κ2) is 6.97. The molecule has 0 saturated heterocycles. The lowest BCUT2D eigenvalue weighted by molar-refractivity contribution is -0.133. The van der Waals surface area contributed by atoms with Gasteiger partial charge in [-0.25, -0.2) is 4.98 Å². The van der Waals surface area contributed by atoms with Gasteiger partial charge in [-0.2, -0.15) is 0 Å². The van der Waals surface area contributed by atoms with Crippen LogP contribution in [0.5, 0.6) is 5.75 Å². The number of nitrogens with zero attached hydrogens (tertiary/aromatic N) is 1. The highest BCUT2D eigenvalue weighted by Gasteiger charge is 2.18. The van der Waals surface area contributed by atoms with E-state index in [1.807, 2.05) is 13.8 Å². The smallest absolute Gasteiger partial charge is 0.315 e. The summed E-state index contributed by atoms with van der Waals surface area (Å²) in [6.07, 6.45) is 0. The lowest BCUT2D eigenvalue weighted by Gasteiger charge is -2.11. The first-order valence-electron chi connectivity index (χ1n) is 6.72. The first-order chi connectivity index (χ1) is 10.8. The Morgan fingerprint density at radius 1 is 1.17 bits per heavy atom. The molecular weight excluding hydrogens is 338 g/mol. The highest BCUT2D eigenvalue weighted by Crippen LogP contribution is 2.31. The van der Waals surface area contributed by atoms with E-state index in [1.165, 1.54) is 18.4 Å². The van der Waals surface area contributed by atoms with Crippen molar-refractivity contribution in [3.8, 4) is 5.75 Å². The van der Waals surface area contributed by atoms with Crippen LogP contribution in [0.25, 0.3) is 0 Å². The number of benzene rings is 1. The van der Waals surface area contributed by atoms with Gasteiger partial charge in [0.1, 0.15) is 5.75 Å². The molecular formula is C15H16ClN3O3S. The van der Waals surface area contributed by atoms with E-state index in [0.717, 1.165) is 16.1 Å². The summed E-state index contributed by atoms with van der Waals surface area (Å²) in [7, 11) is 1.46. The molecule has 0 saturated carbocycles. The number of carbonyl (C=O) groups excluding carboxylic acids is 2. The number of halogens is 1. The normalized spacial score (nSPS) is 10.3. The molecule has 122 valence electrons. The van der Waals surface area contributed by atoms with Crippen molar-refractivity contribution in [2.75, 3.05) is 17.7 Å². The molecule has 0 aliphatic rings. The summed E-state index contributed by atoms with van der Waals surface area (Å²) in [5.41, 5.74) is 1.95. The van der Waals surface area contributed by atoms with Crippen molar-refractivity contribution >= 4 is 45.6 Å². The molecule has 1 aromatic heterocycles. The quantitative estimate of drug-likeness (QED) is 0.829. The minimum atomic E-state index is -0.810. The predicted octanol–water partition coefficient (Wildman–Crippen LogP) is 3.31. The van der Waals surface area contributed by atoms with Gasteiger partial charge in [0.25, 0.3) is 0 Å². The van der Waals surface area contributed by atoms with Crippen molar-refractivity contribution in [1.82, 2.24) is 4.98 Å². The summed E-state index contributed by atoms with van der Waals surface area (Å²) >= 11 is 7.32. The third-order valence-corrected chi connectivity index (χ3v) is 4.58. The van der Waals surface area contributed by atoms with Gasteiger partial charge in [-0.15, -0.1) is 11.3 Å². The molecule has 0 atom stereocenters. The average Bonchev–Trinajstić information content (AvgIpc) is 2.80. The minimum Gasteiger partial charge on any atom is -0.495 e. The van der Waals surface area contributed by atoms with Crippen molar-refractivity contribution in [3.05, 3.63) is 33.3 Å². The maximum absolute atomic E-state index is 12.0. The molecule has 2 aromatic rings. The molecule has 0 radical (unpaired) electrons. The van der Waals surface area contributed by atoms with Crippen LogP contribution in [0.1, 0.15) is 16.1 Å². The topological polar surface area (TPSA) is 80.3 Å². The molecule has 1 heterocycles.